The summed E-state index contributed by atoms with van der Waals surface area (Å²) in [6.45, 7) is 7.51. The molecule has 0 bridgehead atoms. The average Bonchev–Trinajstić information content (AvgIpc) is 2.93. The lowest BCUT2D eigenvalue weighted by Gasteiger charge is -2.38. The van der Waals surface area contributed by atoms with Crippen molar-refractivity contribution >= 4 is 6.03 Å². The largest absolute Gasteiger partial charge is 0.348 e. The Morgan fingerprint density at radius 2 is 1.95 bits per heavy atom. The van der Waals surface area contributed by atoms with Gasteiger partial charge in [0.1, 0.15) is 0 Å². The molecule has 0 fully saturated rings. The second-order valence-corrected chi connectivity index (χ2v) is 6.68. The van der Waals surface area contributed by atoms with Gasteiger partial charge in [-0.1, -0.05) is 0 Å². The third kappa shape index (κ3) is 2.84. The first-order valence-electron chi connectivity index (χ1n) is 7.59. The Morgan fingerprint density at radius 1 is 1.23 bits per heavy atom. The Kier molecular flexibility index (Phi) is 3.64. The molecule has 1 aliphatic rings. The van der Waals surface area contributed by atoms with Crippen molar-refractivity contribution in [1.29, 1.82) is 0 Å². The first-order chi connectivity index (χ1) is 10.5. The van der Waals surface area contributed by atoms with Gasteiger partial charge >= 0.3 is 6.03 Å². The van der Waals surface area contributed by atoms with Crippen molar-refractivity contribution < 1.29 is 4.79 Å². The van der Waals surface area contributed by atoms with E-state index in [1.165, 1.54) is 0 Å². The Balaban J connectivity index is 1.97. The quantitative estimate of drug-likeness (QED) is 0.880. The monoisotopic (exact) mass is 298 g/mol. The third-order valence-electron chi connectivity index (χ3n) is 3.80. The summed E-state index contributed by atoms with van der Waals surface area (Å²) >= 11 is 0. The van der Waals surface area contributed by atoms with E-state index in [4.69, 9.17) is 0 Å². The van der Waals surface area contributed by atoms with Gasteiger partial charge in [0.15, 0.2) is 0 Å². The lowest BCUT2D eigenvalue weighted by atomic mass is 10.0. The van der Waals surface area contributed by atoms with Crippen molar-refractivity contribution in [3.8, 4) is 0 Å². The van der Waals surface area contributed by atoms with Crippen LogP contribution in [0.5, 0.6) is 0 Å². The summed E-state index contributed by atoms with van der Waals surface area (Å²) in [5.74, 6) is 0. The van der Waals surface area contributed by atoms with Crippen LogP contribution in [-0.2, 0) is 6.54 Å². The number of aromatic nitrogens is 2. The molecule has 0 spiro atoms. The Morgan fingerprint density at radius 3 is 2.64 bits per heavy atom. The van der Waals surface area contributed by atoms with Gasteiger partial charge in [0.25, 0.3) is 0 Å². The Labute approximate surface area is 131 Å². The lowest BCUT2D eigenvalue weighted by molar-refractivity contribution is 0.161. The van der Waals surface area contributed by atoms with Gasteiger partial charge in [0.05, 0.1) is 6.04 Å². The summed E-state index contributed by atoms with van der Waals surface area (Å²) in [7, 11) is 0. The van der Waals surface area contributed by atoms with Gasteiger partial charge in [-0.2, -0.15) is 0 Å². The molecule has 1 N–H and O–H groups in total. The zero-order valence-corrected chi connectivity index (χ0v) is 13.3. The molecule has 22 heavy (non-hydrogen) atoms. The maximum atomic E-state index is 12.7. The summed E-state index contributed by atoms with van der Waals surface area (Å²) in [6, 6.07) is 7.97. The Bertz CT molecular complexity index is 657. The maximum absolute atomic E-state index is 12.7. The molecule has 116 valence electrons. The molecule has 0 radical (unpaired) electrons. The van der Waals surface area contributed by atoms with Crippen LogP contribution in [0.1, 0.15) is 38.1 Å². The molecule has 0 aliphatic carbocycles. The highest BCUT2D eigenvalue weighted by Crippen LogP contribution is 2.32. The van der Waals surface area contributed by atoms with Crippen LogP contribution >= 0.6 is 0 Å². The van der Waals surface area contributed by atoms with E-state index in [2.05, 4.69) is 27.1 Å². The minimum absolute atomic E-state index is 0.0261. The van der Waals surface area contributed by atoms with Crippen molar-refractivity contribution in [2.75, 3.05) is 6.54 Å². The molecule has 0 saturated heterocycles. The van der Waals surface area contributed by atoms with Gasteiger partial charge in [-0.15, -0.1) is 0 Å². The highest BCUT2D eigenvalue weighted by molar-refractivity contribution is 5.76. The predicted octanol–water partition coefficient (Wildman–Crippen LogP) is 2.80. The molecule has 3 rings (SSSR count). The maximum Gasteiger partial charge on any atom is 0.318 e. The molecule has 1 unspecified atom stereocenters. The van der Waals surface area contributed by atoms with E-state index in [-0.39, 0.29) is 17.6 Å². The molecule has 1 aliphatic heterocycles. The number of nitrogens with zero attached hydrogens (tertiary/aromatic N) is 3. The van der Waals surface area contributed by atoms with Gasteiger partial charge in [-0.3, -0.25) is 4.98 Å². The van der Waals surface area contributed by atoms with Crippen LogP contribution in [0.25, 0.3) is 0 Å². The number of nitrogens with one attached hydrogen (secondary N) is 1. The number of hydrogen-bond acceptors (Lipinski definition) is 2. The smallest absolute Gasteiger partial charge is 0.318 e. The average molecular weight is 298 g/mol. The normalized spacial score (nSPS) is 18.0. The number of rotatable bonds is 1. The fourth-order valence-corrected chi connectivity index (χ4v) is 2.89. The zero-order valence-electron chi connectivity index (χ0n) is 13.3. The van der Waals surface area contributed by atoms with Crippen molar-refractivity contribution in [3.05, 3.63) is 54.1 Å². The van der Waals surface area contributed by atoms with E-state index in [1.54, 1.807) is 12.4 Å². The topological polar surface area (TPSA) is 50.2 Å². The molecule has 0 aromatic carbocycles. The van der Waals surface area contributed by atoms with Crippen molar-refractivity contribution in [2.24, 2.45) is 0 Å². The fourth-order valence-electron chi connectivity index (χ4n) is 2.89. The number of urea groups is 1. The number of fused-ring (bicyclic) bond motifs is 1. The van der Waals surface area contributed by atoms with E-state index in [1.807, 2.05) is 43.9 Å². The molecule has 2 aromatic heterocycles. The molecular formula is C17H22N4O. The highest BCUT2D eigenvalue weighted by Gasteiger charge is 2.33. The number of hydrogen-bond donors (Lipinski definition) is 1. The number of pyridine rings is 1. The van der Waals surface area contributed by atoms with E-state index in [9.17, 15) is 4.79 Å². The molecule has 3 heterocycles. The third-order valence-corrected chi connectivity index (χ3v) is 3.80. The summed E-state index contributed by atoms with van der Waals surface area (Å²) in [6.07, 6.45) is 5.62. The molecule has 0 saturated carbocycles. The minimum atomic E-state index is -0.251. The lowest BCUT2D eigenvalue weighted by Crippen LogP contribution is -2.52. The first-order valence-corrected chi connectivity index (χ1v) is 7.59. The van der Waals surface area contributed by atoms with Gasteiger partial charge in [-0.25, -0.2) is 4.79 Å². The summed E-state index contributed by atoms with van der Waals surface area (Å²) in [4.78, 5) is 18.7. The predicted molar refractivity (Wildman–Crippen MR) is 85.5 cm³/mol. The highest BCUT2D eigenvalue weighted by atomic mass is 16.2. The fraction of sp³-hybridized carbons (Fsp3) is 0.412. The SMILES string of the molecule is CC(C)(C)NC(=O)N1CCn2cccc2C1c1ccncc1. The molecular weight excluding hydrogens is 276 g/mol. The molecule has 2 aromatic rings. The standard InChI is InChI=1S/C17H22N4O/c1-17(2,3)19-16(22)21-12-11-20-10-4-5-14(20)15(21)13-6-8-18-9-7-13/h4-10,15H,11-12H2,1-3H3,(H,19,22). The van der Waals surface area contributed by atoms with Crippen molar-refractivity contribution in [2.45, 2.75) is 38.9 Å². The van der Waals surface area contributed by atoms with E-state index < -0.39 is 0 Å². The molecule has 5 nitrogen and oxygen atoms in total. The van der Waals surface area contributed by atoms with Crippen LogP contribution in [0.15, 0.2) is 42.9 Å². The Hall–Kier alpha value is -2.30. The van der Waals surface area contributed by atoms with E-state index >= 15 is 0 Å². The molecule has 5 heteroatoms. The van der Waals surface area contributed by atoms with Gasteiger partial charge in [0.2, 0.25) is 0 Å². The van der Waals surface area contributed by atoms with Crippen LogP contribution in [0.2, 0.25) is 0 Å². The zero-order chi connectivity index (χ0) is 15.7. The van der Waals surface area contributed by atoms with Crippen LogP contribution in [0.4, 0.5) is 4.79 Å². The number of carbonyl (C=O) groups is 1. The van der Waals surface area contributed by atoms with Gasteiger partial charge in [-0.05, 0) is 50.6 Å². The van der Waals surface area contributed by atoms with Crippen LogP contribution in [0.3, 0.4) is 0 Å². The van der Waals surface area contributed by atoms with E-state index in [0.717, 1.165) is 17.8 Å². The summed E-state index contributed by atoms with van der Waals surface area (Å²) in [5, 5.41) is 3.07. The summed E-state index contributed by atoms with van der Waals surface area (Å²) in [5.41, 5.74) is 1.97. The van der Waals surface area contributed by atoms with E-state index in [0.29, 0.717) is 6.54 Å². The van der Waals surface area contributed by atoms with Crippen LogP contribution in [-0.4, -0.2) is 32.6 Å². The molecule has 1 atom stereocenters. The van der Waals surface area contributed by atoms with Crippen LogP contribution < -0.4 is 5.32 Å². The molecule has 2 amide bonds. The van der Waals surface area contributed by atoms with Crippen molar-refractivity contribution in [3.63, 3.8) is 0 Å². The summed E-state index contributed by atoms with van der Waals surface area (Å²) < 4.78 is 2.21. The second-order valence-electron chi connectivity index (χ2n) is 6.68. The van der Waals surface area contributed by atoms with Gasteiger partial charge in [0, 0.05) is 42.9 Å². The number of amides is 2. The van der Waals surface area contributed by atoms with Crippen molar-refractivity contribution in [1.82, 2.24) is 19.8 Å². The van der Waals surface area contributed by atoms with Crippen LogP contribution in [0, 0.1) is 0 Å². The van der Waals surface area contributed by atoms with Gasteiger partial charge < -0.3 is 14.8 Å². The number of carbonyl (C=O) groups excluding carboxylic acids is 1. The minimum Gasteiger partial charge on any atom is -0.348 e. The first kappa shape index (κ1) is 14.6. The second kappa shape index (κ2) is 5.48.